The van der Waals surface area contributed by atoms with E-state index in [1.54, 1.807) is 0 Å². The lowest BCUT2D eigenvalue weighted by Crippen LogP contribution is -2.34. The highest BCUT2D eigenvalue weighted by Gasteiger charge is 2.31. The Bertz CT molecular complexity index is 589. The number of hydrogen-bond donors (Lipinski definition) is 1. The van der Waals surface area contributed by atoms with Crippen LogP contribution in [0.3, 0.4) is 0 Å². The molecular weight excluding hydrogens is 244 g/mol. The maximum Gasteiger partial charge on any atom is 0.0591 e. The highest BCUT2D eigenvalue weighted by atomic mass is 15.2. The van der Waals surface area contributed by atoms with E-state index >= 15 is 0 Å². The van der Waals surface area contributed by atoms with E-state index in [0.717, 1.165) is 6.54 Å². The molecule has 2 aromatic rings. The van der Waals surface area contributed by atoms with Crippen LogP contribution in [0.1, 0.15) is 23.6 Å². The van der Waals surface area contributed by atoms with Gasteiger partial charge in [0.2, 0.25) is 0 Å². The Morgan fingerprint density at radius 3 is 2.10 bits per heavy atom. The molecular formula is C18H20N2. The second kappa shape index (κ2) is 4.72. The van der Waals surface area contributed by atoms with Gasteiger partial charge >= 0.3 is 0 Å². The molecule has 1 heterocycles. The molecule has 1 saturated heterocycles. The first-order valence-electron chi connectivity index (χ1n) is 7.46. The SMILES string of the molecule is CN1CCC(NC2c3ccccc3-c3ccccc32)C1. The average molecular weight is 264 g/mol. The molecule has 4 rings (SSSR count). The lowest BCUT2D eigenvalue weighted by atomic mass is 10.0. The molecule has 1 N–H and O–H groups in total. The normalized spacial score (nSPS) is 21.9. The molecule has 0 spiro atoms. The summed E-state index contributed by atoms with van der Waals surface area (Å²) in [5.41, 5.74) is 5.66. The Labute approximate surface area is 120 Å². The molecule has 1 aliphatic carbocycles. The van der Waals surface area contributed by atoms with Crippen molar-refractivity contribution in [2.45, 2.75) is 18.5 Å². The molecule has 1 unspecified atom stereocenters. The summed E-state index contributed by atoms with van der Waals surface area (Å²) in [5.74, 6) is 0. The molecule has 0 radical (unpaired) electrons. The van der Waals surface area contributed by atoms with Crippen LogP contribution in [0.25, 0.3) is 11.1 Å². The van der Waals surface area contributed by atoms with Crippen molar-refractivity contribution in [3.8, 4) is 11.1 Å². The highest BCUT2D eigenvalue weighted by Crippen LogP contribution is 2.43. The Balaban J connectivity index is 1.72. The van der Waals surface area contributed by atoms with Crippen molar-refractivity contribution >= 4 is 0 Å². The fourth-order valence-corrected chi connectivity index (χ4v) is 3.64. The molecule has 2 heteroatoms. The maximum absolute atomic E-state index is 3.88. The zero-order valence-electron chi connectivity index (χ0n) is 11.8. The van der Waals surface area contributed by atoms with Crippen LogP contribution in [0.2, 0.25) is 0 Å². The van der Waals surface area contributed by atoms with Crippen molar-refractivity contribution in [2.24, 2.45) is 0 Å². The first-order chi connectivity index (χ1) is 9.83. The van der Waals surface area contributed by atoms with Crippen LogP contribution in [-0.2, 0) is 0 Å². The van der Waals surface area contributed by atoms with Crippen LogP contribution in [-0.4, -0.2) is 31.1 Å². The standard InChI is InChI=1S/C18H20N2/c1-20-11-10-13(12-20)19-18-16-8-4-2-6-14(16)15-7-3-5-9-17(15)18/h2-9,13,18-19H,10-12H2,1H3. The third-order valence-corrected chi connectivity index (χ3v) is 4.63. The molecule has 0 aromatic heterocycles. The van der Waals surface area contributed by atoms with Crippen LogP contribution < -0.4 is 5.32 Å². The third kappa shape index (κ3) is 1.88. The minimum Gasteiger partial charge on any atom is -0.305 e. The van der Waals surface area contributed by atoms with Crippen molar-refractivity contribution in [1.82, 2.24) is 10.2 Å². The van der Waals surface area contributed by atoms with Crippen molar-refractivity contribution in [3.63, 3.8) is 0 Å². The molecule has 0 bridgehead atoms. The monoisotopic (exact) mass is 264 g/mol. The zero-order valence-corrected chi connectivity index (χ0v) is 11.8. The van der Waals surface area contributed by atoms with E-state index < -0.39 is 0 Å². The van der Waals surface area contributed by atoms with E-state index in [1.807, 2.05) is 0 Å². The summed E-state index contributed by atoms with van der Waals surface area (Å²) in [7, 11) is 2.21. The highest BCUT2D eigenvalue weighted by molar-refractivity contribution is 5.78. The fraction of sp³-hybridized carbons (Fsp3) is 0.333. The molecule has 1 aliphatic heterocycles. The number of benzene rings is 2. The predicted molar refractivity (Wildman–Crippen MR) is 82.8 cm³/mol. The summed E-state index contributed by atoms with van der Waals surface area (Å²) in [6.07, 6.45) is 1.25. The van der Waals surface area contributed by atoms with Crippen LogP contribution >= 0.6 is 0 Å². The number of rotatable bonds is 2. The summed E-state index contributed by atoms with van der Waals surface area (Å²) in [4.78, 5) is 2.41. The second-order valence-electron chi connectivity index (χ2n) is 6.02. The Morgan fingerprint density at radius 2 is 1.55 bits per heavy atom. The van der Waals surface area contributed by atoms with Gasteiger partial charge in [0.25, 0.3) is 0 Å². The predicted octanol–water partition coefficient (Wildman–Crippen LogP) is 3.05. The van der Waals surface area contributed by atoms with Gasteiger partial charge < -0.3 is 10.2 Å². The summed E-state index contributed by atoms with van der Waals surface area (Å²) in [6, 6.07) is 18.6. The van der Waals surface area contributed by atoms with Gasteiger partial charge in [0.1, 0.15) is 0 Å². The van der Waals surface area contributed by atoms with E-state index in [0.29, 0.717) is 12.1 Å². The van der Waals surface area contributed by atoms with Gasteiger partial charge in [-0.3, -0.25) is 0 Å². The number of likely N-dealkylation sites (tertiary alicyclic amines) is 1. The van der Waals surface area contributed by atoms with Crippen LogP contribution in [0.4, 0.5) is 0 Å². The van der Waals surface area contributed by atoms with Gasteiger partial charge in [-0.2, -0.15) is 0 Å². The van der Waals surface area contributed by atoms with Gasteiger partial charge in [-0.05, 0) is 42.3 Å². The van der Waals surface area contributed by atoms with Crippen molar-refractivity contribution in [3.05, 3.63) is 59.7 Å². The number of nitrogens with zero attached hydrogens (tertiary/aromatic N) is 1. The number of likely N-dealkylation sites (N-methyl/N-ethyl adjacent to an activating group) is 1. The van der Waals surface area contributed by atoms with E-state index in [4.69, 9.17) is 0 Å². The fourth-order valence-electron chi connectivity index (χ4n) is 3.64. The molecule has 1 atom stereocenters. The van der Waals surface area contributed by atoms with Gasteiger partial charge in [0.05, 0.1) is 6.04 Å². The van der Waals surface area contributed by atoms with E-state index in [-0.39, 0.29) is 0 Å². The topological polar surface area (TPSA) is 15.3 Å². The molecule has 102 valence electrons. The summed E-state index contributed by atoms with van der Waals surface area (Å²) >= 11 is 0. The largest absolute Gasteiger partial charge is 0.305 e. The first-order valence-corrected chi connectivity index (χ1v) is 7.46. The van der Waals surface area contributed by atoms with E-state index in [9.17, 15) is 0 Å². The van der Waals surface area contributed by atoms with Crippen LogP contribution in [0, 0.1) is 0 Å². The number of nitrogens with one attached hydrogen (secondary N) is 1. The minimum atomic E-state index is 0.360. The lowest BCUT2D eigenvalue weighted by Gasteiger charge is -2.21. The zero-order chi connectivity index (χ0) is 13.5. The Kier molecular flexibility index (Phi) is 2.86. The molecule has 0 saturated carbocycles. The third-order valence-electron chi connectivity index (χ3n) is 4.63. The van der Waals surface area contributed by atoms with Crippen LogP contribution in [0.5, 0.6) is 0 Å². The maximum atomic E-state index is 3.88. The molecule has 1 fully saturated rings. The van der Waals surface area contributed by atoms with Gasteiger partial charge in [0, 0.05) is 12.6 Å². The molecule has 20 heavy (non-hydrogen) atoms. The number of fused-ring (bicyclic) bond motifs is 3. The first kappa shape index (κ1) is 12.1. The summed E-state index contributed by atoms with van der Waals surface area (Å²) in [5, 5.41) is 3.88. The smallest absolute Gasteiger partial charge is 0.0591 e. The van der Waals surface area contributed by atoms with Crippen LogP contribution in [0.15, 0.2) is 48.5 Å². The molecule has 2 aromatic carbocycles. The van der Waals surface area contributed by atoms with Gasteiger partial charge in [-0.25, -0.2) is 0 Å². The quantitative estimate of drug-likeness (QED) is 0.897. The van der Waals surface area contributed by atoms with Crippen molar-refractivity contribution < 1.29 is 0 Å². The van der Waals surface area contributed by atoms with E-state index in [1.165, 1.54) is 35.2 Å². The van der Waals surface area contributed by atoms with Gasteiger partial charge in [0.15, 0.2) is 0 Å². The number of hydrogen-bond acceptors (Lipinski definition) is 2. The Morgan fingerprint density at radius 1 is 0.950 bits per heavy atom. The summed E-state index contributed by atoms with van der Waals surface area (Å²) in [6.45, 7) is 2.36. The van der Waals surface area contributed by atoms with E-state index in [2.05, 4.69) is 65.8 Å². The Hall–Kier alpha value is -1.64. The summed E-state index contributed by atoms with van der Waals surface area (Å²) < 4.78 is 0. The second-order valence-corrected chi connectivity index (χ2v) is 6.02. The van der Waals surface area contributed by atoms with Crippen molar-refractivity contribution in [2.75, 3.05) is 20.1 Å². The van der Waals surface area contributed by atoms with Gasteiger partial charge in [-0.1, -0.05) is 48.5 Å². The minimum absolute atomic E-state index is 0.360. The molecule has 2 nitrogen and oxygen atoms in total. The lowest BCUT2D eigenvalue weighted by molar-refractivity contribution is 0.392. The van der Waals surface area contributed by atoms with Crippen molar-refractivity contribution in [1.29, 1.82) is 0 Å². The van der Waals surface area contributed by atoms with Gasteiger partial charge in [-0.15, -0.1) is 0 Å². The average Bonchev–Trinajstić information content (AvgIpc) is 3.03. The molecule has 2 aliphatic rings. The molecule has 0 amide bonds.